The lowest BCUT2D eigenvalue weighted by molar-refractivity contribution is 0.0408. The summed E-state index contributed by atoms with van der Waals surface area (Å²) in [5.74, 6) is -1.22. The highest BCUT2D eigenvalue weighted by Gasteiger charge is 2.41. The summed E-state index contributed by atoms with van der Waals surface area (Å²) < 4.78 is 30.6. The normalized spacial score (nSPS) is 23.6. The summed E-state index contributed by atoms with van der Waals surface area (Å²) in [6, 6.07) is -0.939. The van der Waals surface area contributed by atoms with Crippen LogP contribution in [0.1, 0.15) is 20.8 Å². The molecule has 1 aliphatic rings. The van der Waals surface area contributed by atoms with Gasteiger partial charge in [0.25, 0.3) is 0 Å². The van der Waals surface area contributed by atoms with Crippen molar-refractivity contribution in [3.05, 3.63) is 0 Å². The summed E-state index contributed by atoms with van der Waals surface area (Å²) in [6.07, 6.45) is -4.81. The van der Waals surface area contributed by atoms with Crippen LogP contribution >= 0.6 is 0 Å². The van der Waals surface area contributed by atoms with Crippen LogP contribution in [0.2, 0.25) is 0 Å². The molecule has 2 atom stereocenters. The lowest BCUT2D eigenvalue weighted by Gasteiger charge is -2.23. The van der Waals surface area contributed by atoms with Crippen LogP contribution in [0.15, 0.2) is 0 Å². The highest BCUT2D eigenvalue weighted by atomic mass is 19.3. The van der Waals surface area contributed by atoms with Crippen LogP contribution < -0.4 is 5.32 Å². The molecule has 1 heterocycles. The summed E-state index contributed by atoms with van der Waals surface area (Å²) in [6.45, 7) is 4.48. The van der Waals surface area contributed by atoms with Crippen molar-refractivity contribution in [2.24, 2.45) is 5.92 Å². The van der Waals surface area contributed by atoms with Crippen molar-refractivity contribution >= 4 is 12.2 Å². The Morgan fingerprint density at radius 3 is 2.37 bits per heavy atom. The number of carbonyl (C=O) groups is 2. The number of nitrogens with one attached hydrogen (secondary N) is 1. The third-order valence-corrected chi connectivity index (χ3v) is 2.66. The molecule has 110 valence electrons. The lowest BCUT2D eigenvalue weighted by Crippen LogP contribution is -2.45. The molecule has 2 amide bonds. The van der Waals surface area contributed by atoms with Crippen molar-refractivity contribution in [3.8, 4) is 0 Å². The highest BCUT2D eigenvalue weighted by molar-refractivity contribution is 5.69. The minimum absolute atomic E-state index is 0.163. The fourth-order valence-electron chi connectivity index (χ4n) is 1.85. The molecule has 0 spiro atoms. The van der Waals surface area contributed by atoms with E-state index < -0.39 is 36.2 Å². The van der Waals surface area contributed by atoms with Crippen LogP contribution in [0.3, 0.4) is 0 Å². The summed E-state index contributed by atoms with van der Waals surface area (Å²) >= 11 is 0. The van der Waals surface area contributed by atoms with E-state index in [0.29, 0.717) is 0 Å². The molecule has 2 N–H and O–H groups in total. The summed E-state index contributed by atoms with van der Waals surface area (Å²) in [4.78, 5) is 23.1. The molecular formula is C11H18F2N2O4. The molecule has 0 aromatic heterocycles. The first-order chi connectivity index (χ1) is 8.60. The van der Waals surface area contributed by atoms with Gasteiger partial charge in [-0.15, -0.1) is 0 Å². The van der Waals surface area contributed by atoms with Crippen molar-refractivity contribution in [2.45, 2.75) is 38.8 Å². The number of carboxylic acid groups (broad SMARTS) is 1. The Bertz CT molecular complexity index is 357. The first-order valence-electron chi connectivity index (χ1n) is 5.85. The number of amides is 2. The number of alkyl carbamates (subject to hydrolysis) is 1. The number of hydrogen-bond acceptors (Lipinski definition) is 3. The molecular weight excluding hydrogens is 262 g/mol. The van der Waals surface area contributed by atoms with E-state index in [1.165, 1.54) is 0 Å². The Balaban J connectivity index is 2.64. The average molecular weight is 280 g/mol. The fourth-order valence-corrected chi connectivity index (χ4v) is 1.85. The topological polar surface area (TPSA) is 78.9 Å². The van der Waals surface area contributed by atoms with Gasteiger partial charge in [-0.25, -0.2) is 18.4 Å². The number of halogens is 2. The first-order valence-corrected chi connectivity index (χ1v) is 5.85. The van der Waals surface area contributed by atoms with Gasteiger partial charge >= 0.3 is 12.2 Å². The second-order valence-electron chi connectivity index (χ2n) is 5.44. The minimum atomic E-state index is -2.70. The largest absolute Gasteiger partial charge is 0.465 e. The summed E-state index contributed by atoms with van der Waals surface area (Å²) in [5.41, 5.74) is -0.741. The van der Waals surface area contributed by atoms with Crippen molar-refractivity contribution in [1.82, 2.24) is 10.2 Å². The Morgan fingerprint density at radius 2 is 1.95 bits per heavy atom. The molecule has 1 aliphatic heterocycles. The molecule has 1 rings (SSSR count). The first kappa shape index (κ1) is 15.5. The van der Waals surface area contributed by atoms with Gasteiger partial charge in [-0.05, 0) is 20.8 Å². The van der Waals surface area contributed by atoms with E-state index in [4.69, 9.17) is 9.84 Å². The molecule has 0 unspecified atom stereocenters. The Morgan fingerprint density at radius 1 is 1.37 bits per heavy atom. The van der Waals surface area contributed by atoms with Gasteiger partial charge in [0, 0.05) is 13.1 Å². The predicted molar refractivity (Wildman–Crippen MR) is 62.2 cm³/mol. The van der Waals surface area contributed by atoms with Crippen LogP contribution in [-0.4, -0.2) is 53.4 Å². The van der Waals surface area contributed by atoms with Gasteiger partial charge in [0.2, 0.25) is 6.43 Å². The second kappa shape index (κ2) is 5.58. The zero-order valence-electron chi connectivity index (χ0n) is 11.0. The number of ether oxygens (including phenoxy) is 1. The van der Waals surface area contributed by atoms with E-state index in [1.807, 2.05) is 0 Å². The zero-order chi connectivity index (χ0) is 14.8. The molecule has 0 aromatic rings. The number of likely N-dealkylation sites (tertiary alicyclic amines) is 1. The van der Waals surface area contributed by atoms with E-state index in [2.05, 4.69) is 5.32 Å². The molecule has 1 fully saturated rings. The van der Waals surface area contributed by atoms with Crippen LogP contribution in [0.4, 0.5) is 18.4 Å². The van der Waals surface area contributed by atoms with Crippen molar-refractivity contribution in [2.75, 3.05) is 13.1 Å². The van der Waals surface area contributed by atoms with Crippen molar-refractivity contribution in [1.29, 1.82) is 0 Å². The SMILES string of the molecule is CC(C)(C)OC(=O)N[C@H]1CN(C(=O)O)C[C@@H]1C(F)F. The molecule has 19 heavy (non-hydrogen) atoms. The number of hydrogen-bond donors (Lipinski definition) is 2. The van der Waals surface area contributed by atoms with Crippen LogP contribution in [-0.2, 0) is 4.74 Å². The van der Waals surface area contributed by atoms with Crippen LogP contribution in [0.25, 0.3) is 0 Å². The van der Waals surface area contributed by atoms with E-state index in [-0.39, 0.29) is 13.1 Å². The van der Waals surface area contributed by atoms with Crippen molar-refractivity contribution in [3.63, 3.8) is 0 Å². The van der Waals surface area contributed by atoms with Gasteiger partial charge in [0.05, 0.1) is 12.0 Å². The minimum Gasteiger partial charge on any atom is -0.465 e. The van der Waals surface area contributed by atoms with Gasteiger partial charge in [-0.2, -0.15) is 0 Å². The standard InChI is InChI=1S/C11H18F2N2O4/c1-11(2,3)19-9(16)14-7-5-15(10(17)18)4-6(7)8(12)13/h6-8H,4-5H2,1-3H3,(H,14,16)(H,17,18)/t6-,7-/m0/s1. The van der Waals surface area contributed by atoms with Gasteiger partial charge in [-0.1, -0.05) is 0 Å². The average Bonchev–Trinajstić information content (AvgIpc) is 2.58. The molecule has 0 aromatic carbocycles. The smallest absolute Gasteiger partial charge is 0.407 e. The maximum atomic E-state index is 12.8. The fraction of sp³-hybridized carbons (Fsp3) is 0.818. The molecule has 8 heteroatoms. The number of rotatable bonds is 2. The van der Waals surface area contributed by atoms with E-state index in [9.17, 15) is 18.4 Å². The third-order valence-electron chi connectivity index (χ3n) is 2.66. The molecule has 0 bridgehead atoms. The van der Waals surface area contributed by atoms with E-state index in [1.54, 1.807) is 20.8 Å². The molecule has 6 nitrogen and oxygen atoms in total. The monoisotopic (exact) mass is 280 g/mol. The molecule has 0 radical (unpaired) electrons. The lowest BCUT2D eigenvalue weighted by atomic mass is 10.1. The van der Waals surface area contributed by atoms with E-state index >= 15 is 0 Å². The van der Waals surface area contributed by atoms with Gasteiger partial charge < -0.3 is 20.1 Å². The number of alkyl halides is 2. The Kier molecular flexibility index (Phi) is 4.54. The van der Waals surface area contributed by atoms with E-state index in [0.717, 1.165) is 4.90 Å². The van der Waals surface area contributed by atoms with Crippen LogP contribution in [0.5, 0.6) is 0 Å². The number of nitrogens with zero attached hydrogens (tertiary/aromatic N) is 1. The highest BCUT2D eigenvalue weighted by Crippen LogP contribution is 2.24. The molecule has 0 aliphatic carbocycles. The maximum absolute atomic E-state index is 12.8. The number of carbonyl (C=O) groups excluding carboxylic acids is 1. The summed E-state index contributed by atoms with van der Waals surface area (Å²) in [7, 11) is 0. The van der Waals surface area contributed by atoms with Gasteiger partial charge in [-0.3, -0.25) is 0 Å². The molecule has 0 saturated carbocycles. The quantitative estimate of drug-likeness (QED) is 0.807. The second-order valence-corrected chi connectivity index (χ2v) is 5.44. The Hall–Kier alpha value is -1.60. The Labute approximate surface area is 109 Å². The van der Waals surface area contributed by atoms with Crippen molar-refractivity contribution < 1.29 is 28.2 Å². The molecule has 1 saturated heterocycles. The zero-order valence-corrected chi connectivity index (χ0v) is 11.0. The van der Waals surface area contributed by atoms with Gasteiger partial charge in [0.1, 0.15) is 5.60 Å². The van der Waals surface area contributed by atoms with Gasteiger partial charge in [0.15, 0.2) is 0 Å². The summed E-state index contributed by atoms with van der Waals surface area (Å²) in [5, 5.41) is 11.1. The van der Waals surface area contributed by atoms with Crippen LogP contribution in [0, 0.1) is 5.92 Å². The predicted octanol–water partition coefficient (Wildman–Crippen LogP) is 1.75. The third kappa shape index (κ3) is 4.53. The maximum Gasteiger partial charge on any atom is 0.407 e.